The van der Waals surface area contributed by atoms with Gasteiger partial charge in [0.25, 0.3) is 0 Å². The number of benzene rings is 1. The Bertz CT molecular complexity index is 810. The Morgan fingerprint density at radius 2 is 2.18 bits per heavy atom. The summed E-state index contributed by atoms with van der Waals surface area (Å²) < 4.78 is 7.26. The molecule has 0 atom stereocenters. The number of hydrazone groups is 1. The van der Waals surface area contributed by atoms with Crippen LogP contribution in [0.2, 0.25) is 0 Å². The van der Waals surface area contributed by atoms with Gasteiger partial charge >= 0.3 is 5.65 Å². The topological polar surface area (TPSA) is 79.3 Å². The summed E-state index contributed by atoms with van der Waals surface area (Å²) in [6.45, 7) is 4.50. The van der Waals surface area contributed by atoms with Crippen LogP contribution in [0.3, 0.4) is 0 Å². The summed E-state index contributed by atoms with van der Waals surface area (Å²) in [6, 6.07) is 11.5. The number of nitrogens with one attached hydrogen (secondary N) is 2. The number of aromatic amines is 1. The maximum Gasteiger partial charge on any atom is 0.325 e. The van der Waals surface area contributed by atoms with E-state index in [2.05, 4.69) is 25.8 Å². The minimum Gasteiger partial charge on any atom is -0.493 e. The molecule has 2 aromatic heterocycles. The van der Waals surface area contributed by atoms with E-state index < -0.39 is 0 Å². The molecule has 2 heterocycles. The molecule has 0 bridgehead atoms. The van der Waals surface area contributed by atoms with Crippen molar-refractivity contribution < 1.29 is 9.25 Å². The number of nitrogens with zero attached hydrogens (tertiary/aromatic N) is 4. The van der Waals surface area contributed by atoms with Crippen molar-refractivity contribution in [3.8, 4) is 5.75 Å². The largest absolute Gasteiger partial charge is 0.493 e. The molecule has 0 amide bonds. The Labute approximate surface area is 127 Å². The van der Waals surface area contributed by atoms with Gasteiger partial charge in [0.1, 0.15) is 5.75 Å². The van der Waals surface area contributed by atoms with Crippen LogP contribution in [-0.2, 0) is 0 Å². The lowest BCUT2D eigenvalue weighted by Gasteiger charge is -2.09. The molecule has 0 aliphatic rings. The van der Waals surface area contributed by atoms with Crippen LogP contribution >= 0.6 is 0 Å². The van der Waals surface area contributed by atoms with Gasteiger partial charge in [0.15, 0.2) is 5.82 Å². The van der Waals surface area contributed by atoms with Crippen LogP contribution in [0.15, 0.2) is 47.8 Å². The van der Waals surface area contributed by atoms with E-state index in [0.29, 0.717) is 12.4 Å². The van der Waals surface area contributed by atoms with Gasteiger partial charge in [-0.1, -0.05) is 17.2 Å². The van der Waals surface area contributed by atoms with Crippen molar-refractivity contribution in [2.24, 2.45) is 5.10 Å². The predicted octanol–water partition coefficient (Wildman–Crippen LogP) is 1.78. The first-order chi connectivity index (χ1) is 10.8. The summed E-state index contributed by atoms with van der Waals surface area (Å²) >= 11 is 0. The highest BCUT2D eigenvalue weighted by molar-refractivity contribution is 6.01. The van der Waals surface area contributed by atoms with E-state index in [1.165, 1.54) is 0 Å². The molecule has 0 aliphatic heterocycles. The first kappa shape index (κ1) is 14.0. The van der Waals surface area contributed by atoms with Gasteiger partial charge in [-0.05, 0) is 32.0 Å². The van der Waals surface area contributed by atoms with Crippen LogP contribution in [-0.4, -0.2) is 27.6 Å². The van der Waals surface area contributed by atoms with Crippen LogP contribution in [0, 0.1) is 0 Å². The fourth-order valence-corrected chi connectivity index (χ4v) is 2.07. The maximum atomic E-state index is 5.62. The van der Waals surface area contributed by atoms with Crippen molar-refractivity contribution in [1.29, 1.82) is 0 Å². The molecule has 112 valence electrons. The van der Waals surface area contributed by atoms with E-state index in [1.54, 1.807) is 10.8 Å². The van der Waals surface area contributed by atoms with Crippen LogP contribution in [0.1, 0.15) is 19.4 Å². The van der Waals surface area contributed by atoms with Gasteiger partial charge in [-0.3, -0.25) is 5.43 Å². The Morgan fingerprint density at radius 1 is 1.32 bits per heavy atom. The molecular formula is C15H17N6O+. The average molecular weight is 297 g/mol. The molecule has 7 heteroatoms. The summed E-state index contributed by atoms with van der Waals surface area (Å²) in [5.74, 6) is 1.45. The Hall–Kier alpha value is -2.96. The van der Waals surface area contributed by atoms with Crippen molar-refractivity contribution in [3.05, 3.63) is 48.3 Å². The summed E-state index contributed by atoms with van der Waals surface area (Å²) in [5.41, 5.74) is 5.47. The molecule has 0 unspecified atom stereocenters. The van der Waals surface area contributed by atoms with E-state index in [1.807, 2.05) is 50.2 Å². The number of aromatic nitrogens is 4. The van der Waals surface area contributed by atoms with E-state index in [-0.39, 0.29) is 0 Å². The Kier molecular flexibility index (Phi) is 3.95. The lowest BCUT2D eigenvalue weighted by molar-refractivity contribution is -0.579. The summed E-state index contributed by atoms with van der Waals surface area (Å²) in [4.78, 5) is 0. The smallest absolute Gasteiger partial charge is 0.325 e. The third kappa shape index (κ3) is 2.88. The van der Waals surface area contributed by atoms with Crippen LogP contribution in [0.4, 0.5) is 5.82 Å². The van der Waals surface area contributed by atoms with E-state index in [0.717, 1.165) is 22.7 Å². The van der Waals surface area contributed by atoms with Crippen molar-refractivity contribution in [2.75, 3.05) is 12.0 Å². The Morgan fingerprint density at radius 3 is 3.05 bits per heavy atom. The van der Waals surface area contributed by atoms with Crippen molar-refractivity contribution in [3.63, 3.8) is 0 Å². The van der Waals surface area contributed by atoms with Gasteiger partial charge in [0.05, 0.1) is 12.3 Å². The summed E-state index contributed by atoms with van der Waals surface area (Å²) in [6.07, 6.45) is 1.67. The highest BCUT2D eigenvalue weighted by Gasteiger charge is 2.07. The molecule has 0 saturated heterocycles. The first-order valence-corrected chi connectivity index (χ1v) is 7.03. The quantitative estimate of drug-likeness (QED) is 0.427. The van der Waals surface area contributed by atoms with Gasteiger partial charge in [-0.2, -0.15) is 5.10 Å². The molecule has 7 nitrogen and oxygen atoms in total. The van der Waals surface area contributed by atoms with E-state index in [9.17, 15) is 0 Å². The highest BCUT2D eigenvalue weighted by Crippen LogP contribution is 2.18. The fraction of sp³-hybridized carbons (Fsp3) is 0.200. The monoisotopic (exact) mass is 297 g/mol. The minimum atomic E-state index is 0.618. The zero-order valence-electron chi connectivity index (χ0n) is 12.4. The molecule has 22 heavy (non-hydrogen) atoms. The zero-order chi connectivity index (χ0) is 15.4. The number of rotatable bonds is 5. The summed E-state index contributed by atoms with van der Waals surface area (Å²) in [5, 5.41) is 15.5. The predicted molar refractivity (Wildman–Crippen MR) is 83.0 cm³/mol. The second kappa shape index (κ2) is 6.21. The molecular weight excluding hydrogens is 280 g/mol. The highest BCUT2D eigenvalue weighted by atomic mass is 16.5. The lowest BCUT2D eigenvalue weighted by Crippen LogP contribution is -2.24. The van der Waals surface area contributed by atoms with Crippen molar-refractivity contribution in [1.82, 2.24) is 15.3 Å². The first-order valence-electron chi connectivity index (χ1n) is 7.03. The lowest BCUT2D eigenvalue weighted by atomic mass is 10.1. The Balaban J connectivity index is 1.82. The SMILES string of the molecule is CCOc1ccccc1C(C)=NNc1ccc2n[nH]c[n+]2n1. The standard InChI is InChI=1S/C15H16N6O/c1-3-22-13-7-5-4-6-12(13)11(2)17-18-14-8-9-15-19-16-10-21(15)20-14/h4-10H,3H2,1-2H3,(H,18,20)/p+1. The maximum absolute atomic E-state index is 5.62. The second-order valence-electron chi connectivity index (χ2n) is 4.63. The molecule has 3 rings (SSSR count). The number of para-hydroxylation sites is 1. The molecule has 0 saturated carbocycles. The van der Waals surface area contributed by atoms with Gasteiger partial charge in [-0.15, -0.1) is 9.61 Å². The number of H-pyrrole nitrogens is 1. The fourth-order valence-electron chi connectivity index (χ4n) is 2.07. The van der Waals surface area contributed by atoms with Gasteiger partial charge in [-0.25, -0.2) is 0 Å². The number of anilines is 1. The number of fused-ring (bicyclic) bond motifs is 1. The zero-order valence-corrected chi connectivity index (χ0v) is 12.4. The van der Waals surface area contributed by atoms with Crippen LogP contribution in [0.25, 0.3) is 5.65 Å². The van der Waals surface area contributed by atoms with Gasteiger partial charge in [0, 0.05) is 16.7 Å². The second-order valence-corrected chi connectivity index (χ2v) is 4.63. The minimum absolute atomic E-state index is 0.618. The third-order valence-electron chi connectivity index (χ3n) is 3.11. The van der Waals surface area contributed by atoms with E-state index in [4.69, 9.17) is 4.74 Å². The third-order valence-corrected chi connectivity index (χ3v) is 3.11. The number of hydrogen-bond acceptors (Lipinski definition) is 5. The van der Waals surface area contributed by atoms with Crippen molar-refractivity contribution in [2.45, 2.75) is 13.8 Å². The number of ether oxygens (including phenoxy) is 1. The summed E-state index contributed by atoms with van der Waals surface area (Å²) in [7, 11) is 0. The van der Waals surface area contributed by atoms with Gasteiger partial charge in [0.2, 0.25) is 6.33 Å². The molecule has 0 fully saturated rings. The molecule has 2 N–H and O–H groups in total. The van der Waals surface area contributed by atoms with Crippen molar-refractivity contribution >= 4 is 17.2 Å². The molecule has 0 radical (unpaired) electrons. The molecule has 0 aliphatic carbocycles. The average Bonchev–Trinajstić information content (AvgIpc) is 3.01. The number of hydrogen-bond donors (Lipinski definition) is 2. The molecule has 3 aromatic rings. The van der Waals surface area contributed by atoms with Gasteiger partial charge < -0.3 is 4.74 Å². The van der Waals surface area contributed by atoms with E-state index >= 15 is 0 Å². The normalized spacial score (nSPS) is 11.6. The molecule has 0 spiro atoms. The van der Waals surface area contributed by atoms with Crippen LogP contribution in [0.5, 0.6) is 5.75 Å². The van der Waals surface area contributed by atoms with Crippen LogP contribution < -0.4 is 14.7 Å². The molecule has 1 aromatic carbocycles.